The second-order valence-corrected chi connectivity index (χ2v) is 8.26. The molecule has 0 radical (unpaired) electrons. The van der Waals surface area contributed by atoms with Crippen LogP contribution in [-0.2, 0) is 6.42 Å². The highest BCUT2D eigenvalue weighted by molar-refractivity contribution is 6.19. The average Bonchev–Trinajstić information content (AvgIpc) is 3.32. The Bertz CT molecular complexity index is 2020. The fraction of sp³-hybridized carbons (Fsp3) is 0.0769. The molecule has 1 atom stereocenters. The minimum atomic E-state index is -0.0572. The van der Waals surface area contributed by atoms with E-state index in [9.17, 15) is 10.5 Å². The molecule has 8 heteroatoms. The molecule has 0 saturated heterocycles. The lowest BCUT2D eigenvalue weighted by Crippen LogP contribution is -2.20. The first-order chi connectivity index (χ1) is 16.8. The van der Waals surface area contributed by atoms with Gasteiger partial charge in [-0.25, -0.2) is 0 Å². The van der Waals surface area contributed by atoms with Gasteiger partial charge in [-0.3, -0.25) is 20.0 Å². The minimum Gasteiger partial charge on any atom is -0.282 e. The van der Waals surface area contributed by atoms with Gasteiger partial charge in [0, 0.05) is 53.0 Å². The van der Waals surface area contributed by atoms with Crippen molar-refractivity contribution in [3.8, 4) is 12.4 Å². The molecular weight excluding hydrogens is 424 g/mol. The van der Waals surface area contributed by atoms with Crippen molar-refractivity contribution < 1.29 is 0 Å². The molecule has 0 fully saturated rings. The normalized spacial score (nSPS) is 17.8. The third-order valence-electron chi connectivity index (χ3n) is 6.64. The molecule has 2 heterocycles. The van der Waals surface area contributed by atoms with Gasteiger partial charge in [0.1, 0.15) is 0 Å². The summed E-state index contributed by atoms with van der Waals surface area (Å²) in [6.07, 6.45) is 13.3. The Morgan fingerprint density at radius 3 is 2.21 bits per heavy atom. The van der Waals surface area contributed by atoms with Gasteiger partial charge in [-0.1, -0.05) is 0 Å². The predicted octanol–water partition coefficient (Wildman–Crippen LogP) is 3.15. The summed E-state index contributed by atoms with van der Waals surface area (Å²) in [7, 11) is 0. The molecule has 1 aromatic heterocycles. The Labute approximate surface area is 191 Å². The molecule has 0 amide bonds. The van der Waals surface area contributed by atoms with Gasteiger partial charge in [-0.05, 0) is 52.1 Å². The molecule has 8 nitrogen and oxygen atoms in total. The third kappa shape index (κ3) is 2.39. The van der Waals surface area contributed by atoms with Crippen molar-refractivity contribution in [2.45, 2.75) is 12.5 Å². The van der Waals surface area contributed by atoms with Crippen molar-refractivity contribution in [2.24, 2.45) is 20.0 Å². The Kier molecular flexibility index (Phi) is 3.65. The van der Waals surface area contributed by atoms with Crippen molar-refractivity contribution in [3.63, 3.8) is 0 Å². The lowest BCUT2D eigenvalue weighted by Gasteiger charge is -2.20. The Morgan fingerprint density at radius 2 is 1.41 bits per heavy atom. The number of hydrogen-bond acceptors (Lipinski definition) is 8. The van der Waals surface area contributed by atoms with Gasteiger partial charge in [0.25, 0.3) is 0 Å². The zero-order valence-corrected chi connectivity index (χ0v) is 17.6. The summed E-state index contributed by atoms with van der Waals surface area (Å²) >= 11 is 0. The molecule has 1 aliphatic carbocycles. The molecular formula is C26H12N8. The van der Waals surface area contributed by atoms with E-state index in [1.165, 1.54) is 0 Å². The van der Waals surface area contributed by atoms with Crippen LogP contribution in [0.15, 0.2) is 62.3 Å². The molecule has 2 aliphatic rings. The largest absolute Gasteiger partial charge is 0.282 e. The quantitative estimate of drug-likeness (QED) is 0.346. The number of rotatable bonds is 0. The number of aliphatic imine (C=N–C) groups is 2. The van der Waals surface area contributed by atoms with Crippen LogP contribution >= 0.6 is 0 Å². The molecule has 34 heavy (non-hydrogen) atoms. The molecule has 156 valence electrons. The van der Waals surface area contributed by atoms with Crippen molar-refractivity contribution >= 4 is 61.9 Å². The molecule has 0 saturated carbocycles. The van der Waals surface area contributed by atoms with Crippen LogP contribution in [-0.4, -0.2) is 28.4 Å². The molecule has 0 bridgehead atoms. The van der Waals surface area contributed by atoms with Crippen molar-refractivity contribution in [1.82, 2.24) is 9.97 Å². The summed E-state index contributed by atoms with van der Waals surface area (Å²) in [6.45, 7) is 0. The number of nitriles is 2. The number of nitrogens with zero attached hydrogens (tertiary/aromatic N) is 8. The summed E-state index contributed by atoms with van der Waals surface area (Å²) in [5, 5.41) is 25.6. The van der Waals surface area contributed by atoms with Crippen LogP contribution in [0.4, 0.5) is 0 Å². The topological polar surface area (TPSA) is 123 Å². The zero-order chi connectivity index (χ0) is 22.8. The summed E-state index contributed by atoms with van der Waals surface area (Å²) in [5.41, 5.74) is 4.36. The van der Waals surface area contributed by atoms with Crippen LogP contribution in [0.5, 0.6) is 0 Å². The van der Waals surface area contributed by atoms with Gasteiger partial charge in [-0.2, -0.15) is 20.5 Å². The Morgan fingerprint density at radius 1 is 0.765 bits per heavy atom. The molecule has 7 rings (SSSR count). The number of aromatic nitrogens is 2. The summed E-state index contributed by atoms with van der Waals surface area (Å²) in [4.78, 5) is 26.3. The fourth-order valence-electron chi connectivity index (χ4n) is 5.24. The van der Waals surface area contributed by atoms with Gasteiger partial charge >= 0.3 is 0 Å². The van der Waals surface area contributed by atoms with Gasteiger partial charge in [0.2, 0.25) is 12.4 Å². The fourth-order valence-corrected chi connectivity index (χ4v) is 5.24. The number of hydrogen-bond donors (Lipinski definition) is 0. The lowest BCUT2D eigenvalue weighted by atomic mass is 9.93. The van der Waals surface area contributed by atoms with Gasteiger partial charge in [0.05, 0.1) is 33.5 Å². The van der Waals surface area contributed by atoms with E-state index in [-0.39, 0.29) is 6.04 Å². The third-order valence-corrected chi connectivity index (χ3v) is 6.64. The molecule has 0 spiro atoms. The van der Waals surface area contributed by atoms with Gasteiger partial charge in [-0.15, -0.1) is 0 Å². The molecule has 4 aromatic carbocycles. The van der Waals surface area contributed by atoms with E-state index in [2.05, 4.69) is 42.1 Å². The van der Waals surface area contributed by atoms with Crippen LogP contribution < -0.4 is 10.7 Å². The Hall–Kier alpha value is -5.08. The maximum Gasteiger partial charge on any atom is 0.206 e. The van der Waals surface area contributed by atoms with Gasteiger partial charge in [0.15, 0.2) is 0 Å². The van der Waals surface area contributed by atoms with Crippen molar-refractivity contribution in [2.75, 3.05) is 0 Å². The number of benzene rings is 2. The smallest absolute Gasteiger partial charge is 0.206 e. The first kappa shape index (κ1) is 18.5. The standard InChI is InChI=1S/C26H12N8/c27-11-33-25-17-6-14-16-8-22-24(32-4-2-30-22)10-20(16)26(34-12-28)18(14)5-13(17)15-7-21-23(9-19(15)25)31-3-1-29-21/h1-7,9-10,22H,8H2. The summed E-state index contributed by atoms with van der Waals surface area (Å²) < 4.78 is 0. The maximum atomic E-state index is 9.45. The molecule has 0 N–H and O–H groups in total. The molecule has 1 unspecified atom stereocenters. The van der Waals surface area contributed by atoms with Gasteiger partial charge < -0.3 is 0 Å². The minimum absolute atomic E-state index is 0.0572. The van der Waals surface area contributed by atoms with Crippen LogP contribution in [0.2, 0.25) is 0 Å². The van der Waals surface area contributed by atoms with E-state index in [4.69, 9.17) is 0 Å². The zero-order valence-electron chi connectivity index (χ0n) is 17.6. The van der Waals surface area contributed by atoms with Crippen LogP contribution in [0.1, 0.15) is 11.1 Å². The average molecular weight is 436 g/mol. The SMILES string of the molecule is N#CN=c1c2c(c3cc4c(=NC#N)c5cc6nccnc6cc5c4cc13)CC1N=CC=NC1=C2. The van der Waals surface area contributed by atoms with Crippen LogP contribution in [0, 0.1) is 22.9 Å². The highest BCUT2D eigenvalue weighted by atomic mass is 14.9. The van der Waals surface area contributed by atoms with E-state index in [1.807, 2.05) is 30.6 Å². The first-order valence-electron chi connectivity index (χ1n) is 10.7. The van der Waals surface area contributed by atoms with Crippen LogP contribution in [0.25, 0.3) is 49.4 Å². The van der Waals surface area contributed by atoms with E-state index < -0.39 is 0 Å². The lowest BCUT2D eigenvalue weighted by molar-refractivity contribution is 0.756. The van der Waals surface area contributed by atoms with Crippen molar-refractivity contribution in [1.29, 1.82) is 10.5 Å². The molecule has 1 aliphatic heterocycles. The van der Waals surface area contributed by atoms with E-state index in [0.717, 1.165) is 60.2 Å². The summed E-state index contributed by atoms with van der Waals surface area (Å²) in [5.74, 6) is 0. The first-order valence-corrected chi connectivity index (χ1v) is 10.7. The van der Waals surface area contributed by atoms with Crippen LogP contribution in [0.3, 0.4) is 0 Å². The van der Waals surface area contributed by atoms with E-state index in [0.29, 0.717) is 17.1 Å². The molecule has 5 aromatic rings. The maximum absolute atomic E-state index is 9.45. The highest BCUT2D eigenvalue weighted by Gasteiger charge is 2.27. The second kappa shape index (κ2) is 6.71. The highest BCUT2D eigenvalue weighted by Crippen LogP contribution is 2.36. The predicted molar refractivity (Wildman–Crippen MR) is 129 cm³/mol. The Balaban J connectivity index is 1.68. The number of fused-ring (bicyclic) bond motifs is 8. The van der Waals surface area contributed by atoms with Crippen molar-refractivity contribution in [3.05, 3.63) is 64.2 Å². The summed E-state index contributed by atoms with van der Waals surface area (Å²) in [6, 6.07) is 7.97. The van der Waals surface area contributed by atoms with E-state index >= 15 is 0 Å². The monoisotopic (exact) mass is 436 g/mol. The second-order valence-electron chi connectivity index (χ2n) is 8.26. The van der Waals surface area contributed by atoms with E-state index in [1.54, 1.807) is 24.8 Å².